The summed E-state index contributed by atoms with van der Waals surface area (Å²) in [5, 5.41) is 16.8. The molecule has 1 unspecified atom stereocenters. The summed E-state index contributed by atoms with van der Waals surface area (Å²) in [7, 11) is 0. The number of benzene rings is 1. The van der Waals surface area contributed by atoms with E-state index >= 15 is 0 Å². The number of alkyl carbamates (subject to hydrolysis) is 1. The molecule has 0 aromatic heterocycles. The molecule has 0 radical (unpaired) electrons. The predicted molar refractivity (Wildman–Crippen MR) is 110 cm³/mol. The molecule has 0 saturated carbocycles. The van der Waals surface area contributed by atoms with Crippen LogP contribution in [0.15, 0.2) is 18.2 Å². The molecule has 1 rings (SSSR count). The lowest BCUT2D eigenvalue weighted by Crippen LogP contribution is -2.44. The molecule has 0 fully saturated rings. The molecular weight excluding hydrogens is 397 g/mol. The van der Waals surface area contributed by atoms with Gasteiger partial charge in [-0.15, -0.1) is 0 Å². The van der Waals surface area contributed by atoms with Crippen LogP contribution in [0.2, 0.25) is 0 Å². The Labute approximate surface area is 175 Å². The molecule has 1 atom stereocenters. The lowest BCUT2D eigenvalue weighted by molar-refractivity contribution is -0.139. The normalized spacial score (nSPS) is 12.5. The molecule has 0 aliphatic rings. The lowest BCUT2D eigenvalue weighted by Gasteiger charge is -2.22. The summed E-state index contributed by atoms with van der Waals surface area (Å²) in [6.45, 7) is 10.0. The third kappa shape index (κ3) is 9.44. The van der Waals surface area contributed by atoms with Crippen molar-refractivity contribution in [3.63, 3.8) is 0 Å². The Balaban J connectivity index is 2.77. The molecule has 0 spiro atoms. The number of rotatable bonds is 7. The molecule has 1 aromatic carbocycles. The van der Waals surface area contributed by atoms with Gasteiger partial charge in [-0.05, 0) is 60.1 Å². The van der Waals surface area contributed by atoms with Crippen LogP contribution in [-0.4, -0.2) is 47.1 Å². The van der Waals surface area contributed by atoms with Gasteiger partial charge in [0.15, 0.2) is 0 Å². The molecule has 0 aliphatic carbocycles. The van der Waals surface area contributed by atoms with Crippen molar-refractivity contribution in [1.82, 2.24) is 5.32 Å². The monoisotopic (exact) mass is 427 g/mol. The first kappa shape index (κ1) is 25.0. The minimum atomic E-state index is -1.26. The summed E-state index contributed by atoms with van der Waals surface area (Å²) in [5.74, 6) is -1.90. The molecule has 0 aliphatic heterocycles. The zero-order valence-corrected chi connectivity index (χ0v) is 18.1. The molecule has 1 aromatic rings. The Kier molecular flexibility index (Phi) is 8.44. The molecule has 30 heavy (non-hydrogen) atoms. The third-order valence-corrected chi connectivity index (χ3v) is 3.37. The van der Waals surface area contributed by atoms with Crippen LogP contribution < -0.4 is 16.0 Å². The summed E-state index contributed by atoms with van der Waals surface area (Å²) < 4.78 is 24.5. The minimum Gasteiger partial charge on any atom is -0.480 e. The van der Waals surface area contributed by atoms with Crippen molar-refractivity contribution in [3.05, 3.63) is 24.0 Å². The van der Waals surface area contributed by atoms with Gasteiger partial charge in [0.1, 0.15) is 23.1 Å². The Morgan fingerprint density at radius 3 is 2.13 bits per heavy atom. The molecular formula is C20H30FN3O6. The van der Waals surface area contributed by atoms with E-state index in [0.717, 1.165) is 0 Å². The van der Waals surface area contributed by atoms with Crippen molar-refractivity contribution < 1.29 is 33.4 Å². The number of halogens is 1. The van der Waals surface area contributed by atoms with Gasteiger partial charge in [0, 0.05) is 6.54 Å². The molecule has 0 heterocycles. The van der Waals surface area contributed by atoms with E-state index < -0.39 is 41.2 Å². The van der Waals surface area contributed by atoms with Gasteiger partial charge in [0.2, 0.25) is 0 Å². The number of ether oxygens (including phenoxy) is 2. The molecule has 0 bridgehead atoms. The first-order valence-electron chi connectivity index (χ1n) is 9.42. The second-order valence-corrected chi connectivity index (χ2v) is 8.54. The quantitative estimate of drug-likeness (QED) is 0.519. The molecule has 2 amide bonds. The average molecular weight is 427 g/mol. The molecule has 4 N–H and O–H groups in total. The van der Waals surface area contributed by atoms with Gasteiger partial charge in [0.05, 0.1) is 11.4 Å². The largest absolute Gasteiger partial charge is 0.480 e. The van der Waals surface area contributed by atoms with Crippen molar-refractivity contribution in [3.8, 4) is 0 Å². The van der Waals surface area contributed by atoms with E-state index in [9.17, 15) is 23.9 Å². The summed E-state index contributed by atoms with van der Waals surface area (Å²) >= 11 is 0. The van der Waals surface area contributed by atoms with Crippen LogP contribution in [0, 0.1) is 5.82 Å². The maximum absolute atomic E-state index is 14.3. The predicted octanol–water partition coefficient (Wildman–Crippen LogP) is 3.95. The van der Waals surface area contributed by atoms with E-state index in [2.05, 4.69) is 16.0 Å². The number of aliphatic carboxylic acids is 1. The number of carbonyl (C=O) groups excluding carboxylic acids is 2. The summed E-state index contributed by atoms with van der Waals surface area (Å²) in [4.78, 5) is 35.2. The van der Waals surface area contributed by atoms with Crippen LogP contribution in [-0.2, 0) is 14.3 Å². The Morgan fingerprint density at radius 1 is 1.03 bits per heavy atom. The van der Waals surface area contributed by atoms with Crippen molar-refractivity contribution in [1.29, 1.82) is 0 Å². The first-order valence-corrected chi connectivity index (χ1v) is 9.42. The zero-order valence-electron chi connectivity index (χ0n) is 18.1. The van der Waals surface area contributed by atoms with Crippen LogP contribution in [0.5, 0.6) is 0 Å². The van der Waals surface area contributed by atoms with Crippen LogP contribution in [0.4, 0.5) is 25.4 Å². The number of nitrogens with one attached hydrogen (secondary N) is 3. The smallest absolute Gasteiger partial charge is 0.412 e. The van der Waals surface area contributed by atoms with Gasteiger partial charge in [-0.25, -0.2) is 18.8 Å². The number of carboxylic acids is 1. The van der Waals surface area contributed by atoms with E-state index in [4.69, 9.17) is 9.47 Å². The fourth-order valence-electron chi connectivity index (χ4n) is 2.27. The van der Waals surface area contributed by atoms with E-state index in [1.54, 1.807) is 41.5 Å². The number of carbonyl (C=O) groups is 3. The number of hydrogen-bond acceptors (Lipinski definition) is 6. The average Bonchev–Trinajstić information content (AvgIpc) is 2.52. The first-order chi connectivity index (χ1) is 13.7. The number of hydrogen-bond donors (Lipinski definition) is 4. The summed E-state index contributed by atoms with van der Waals surface area (Å²) in [5.41, 5.74) is -1.39. The Bertz CT molecular complexity index is 771. The third-order valence-electron chi connectivity index (χ3n) is 3.37. The summed E-state index contributed by atoms with van der Waals surface area (Å²) in [6, 6.07) is 2.83. The number of para-hydroxylation sites is 1. The van der Waals surface area contributed by atoms with Crippen LogP contribution in [0.3, 0.4) is 0 Å². The van der Waals surface area contributed by atoms with E-state index in [1.165, 1.54) is 18.2 Å². The maximum atomic E-state index is 14.3. The molecule has 168 valence electrons. The highest BCUT2D eigenvalue weighted by Crippen LogP contribution is 2.26. The Hall–Kier alpha value is -3.04. The van der Waals surface area contributed by atoms with Crippen molar-refractivity contribution in [2.45, 2.75) is 65.2 Å². The van der Waals surface area contributed by atoms with E-state index in [-0.39, 0.29) is 24.3 Å². The number of anilines is 2. The fourth-order valence-corrected chi connectivity index (χ4v) is 2.27. The highest BCUT2D eigenvalue weighted by atomic mass is 19.1. The van der Waals surface area contributed by atoms with Crippen LogP contribution >= 0.6 is 0 Å². The van der Waals surface area contributed by atoms with Crippen molar-refractivity contribution in [2.24, 2.45) is 0 Å². The van der Waals surface area contributed by atoms with Crippen LogP contribution in [0.25, 0.3) is 0 Å². The number of carboxylic acid groups (broad SMARTS) is 1. The van der Waals surface area contributed by atoms with Gasteiger partial charge < -0.3 is 25.2 Å². The van der Waals surface area contributed by atoms with Gasteiger partial charge in [-0.3, -0.25) is 5.32 Å². The highest BCUT2D eigenvalue weighted by molar-refractivity contribution is 5.89. The van der Waals surface area contributed by atoms with Crippen LogP contribution in [0.1, 0.15) is 48.0 Å². The fraction of sp³-hybridized carbons (Fsp3) is 0.550. The van der Waals surface area contributed by atoms with Gasteiger partial charge in [0.25, 0.3) is 0 Å². The van der Waals surface area contributed by atoms with E-state index in [0.29, 0.717) is 0 Å². The molecule has 0 saturated heterocycles. The second kappa shape index (κ2) is 10.1. The maximum Gasteiger partial charge on any atom is 0.412 e. The Morgan fingerprint density at radius 2 is 1.60 bits per heavy atom. The van der Waals surface area contributed by atoms with Crippen molar-refractivity contribution >= 4 is 29.5 Å². The van der Waals surface area contributed by atoms with Gasteiger partial charge in [-0.2, -0.15) is 0 Å². The van der Waals surface area contributed by atoms with Gasteiger partial charge >= 0.3 is 18.2 Å². The highest BCUT2D eigenvalue weighted by Gasteiger charge is 2.24. The standard InChI is InChI=1S/C20H30FN3O6/c1-19(2,3)29-17(27)23-13-9-7-8-12(21)15(13)22-11-10-14(16(25)26)24-18(28)30-20(4,5)6/h7-9,14,22H,10-11H2,1-6H3,(H,23,27)(H,24,28)(H,25,26). The SMILES string of the molecule is CC(C)(C)OC(=O)Nc1cccc(F)c1NCCC(NC(=O)OC(C)(C)C)C(=O)O. The van der Waals surface area contributed by atoms with Gasteiger partial charge in [-0.1, -0.05) is 6.07 Å². The minimum absolute atomic E-state index is 0.00328. The molecule has 10 heteroatoms. The van der Waals surface area contributed by atoms with Crippen molar-refractivity contribution in [2.75, 3.05) is 17.2 Å². The summed E-state index contributed by atoms with van der Waals surface area (Å²) in [6.07, 6.45) is -1.69. The number of amides is 2. The zero-order chi connectivity index (χ0) is 23.1. The molecule has 9 nitrogen and oxygen atoms in total. The lowest BCUT2D eigenvalue weighted by atomic mass is 10.2. The topological polar surface area (TPSA) is 126 Å². The van der Waals surface area contributed by atoms with E-state index in [1.807, 2.05) is 0 Å². The second-order valence-electron chi connectivity index (χ2n) is 8.54.